The van der Waals surface area contributed by atoms with E-state index in [1.165, 1.54) is 86.3 Å². The summed E-state index contributed by atoms with van der Waals surface area (Å²) in [6.07, 6.45) is 0. The SMILES string of the molecule is Cc1ccc(-c2cc(C)c3c(c2)C(C)(C)c2cc4c(cc2-3)C(C)(C)c2cc(-c3ccc(C)s3)cc(C)c2-4)s1. The summed E-state index contributed by atoms with van der Waals surface area (Å²) in [6.45, 7) is 18.7. The van der Waals surface area contributed by atoms with Gasteiger partial charge in [-0.15, -0.1) is 22.7 Å². The summed E-state index contributed by atoms with van der Waals surface area (Å²) >= 11 is 3.78. The van der Waals surface area contributed by atoms with Crippen LogP contribution in [0.25, 0.3) is 43.1 Å². The maximum atomic E-state index is 2.55. The number of aryl methyl sites for hydroxylation is 4. The van der Waals surface area contributed by atoms with Gasteiger partial charge in [-0.2, -0.15) is 0 Å². The van der Waals surface area contributed by atoms with Crippen molar-refractivity contribution in [2.45, 2.75) is 66.2 Å². The molecule has 0 aliphatic heterocycles. The molecule has 7 rings (SSSR count). The summed E-state index contributed by atoms with van der Waals surface area (Å²) < 4.78 is 0. The first-order valence-electron chi connectivity index (χ1n) is 13.6. The first kappa shape index (κ1) is 24.1. The lowest BCUT2D eigenvalue weighted by molar-refractivity contribution is 0.652. The van der Waals surface area contributed by atoms with Crippen LogP contribution in [-0.4, -0.2) is 0 Å². The minimum Gasteiger partial charge on any atom is -0.141 e. The maximum absolute atomic E-state index is 2.55. The van der Waals surface area contributed by atoms with E-state index in [4.69, 9.17) is 0 Å². The van der Waals surface area contributed by atoms with Crippen molar-refractivity contribution in [2.24, 2.45) is 0 Å². The lowest BCUT2D eigenvalue weighted by Crippen LogP contribution is -2.17. The molecule has 2 aromatic heterocycles. The second-order valence-corrected chi connectivity index (χ2v) is 15.0. The third-order valence-electron chi connectivity index (χ3n) is 9.11. The van der Waals surface area contributed by atoms with Crippen LogP contribution in [0, 0.1) is 27.7 Å². The summed E-state index contributed by atoms with van der Waals surface area (Å²) in [4.78, 5) is 5.46. The van der Waals surface area contributed by atoms with E-state index in [0.717, 1.165) is 0 Å². The molecule has 0 radical (unpaired) electrons. The van der Waals surface area contributed by atoms with Crippen LogP contribution in [0.5, 0.6) is 0 Å². The molecule has 0 N–H and O–H groups in total. The Balaban J connectivity index is 1.43. The standard InChI is InChI=1S/C36H34S2/c1-19-13-23(31-11-9-21(3)37-31)15-29-33(19)25-17-28-26(18-27(25)35(29,5)6)34-20(2)14-24(16-30(34)36(28,7)8)32-12-10-22(4)38-32/h9-18H,1-8H3. The first-order chi connectivity index (χ1) is 18.0. The molecule has 2 heteroatoms. The first-order valence-corrected chi connectivity index (χ1v) is 15.2. The number of rotatable bonds is 2. The molecule has 2 aliphatic rings. The van der Waals surface area contributed by atoms with Crippen LogP contribution in [-0.2, 0) is 10.8 Å². The smallest absolute Gasteiger partial charge is 0.0345 e. The van der Waals surface area contributed by atoms with E-state index in [1.807, 2.05) is 22.7 Å². The van der Waals surface area contributed by atoms with E-state index < -0.39 is 0 Å². The summed E-state index contributed by atoms with van der Waals surface area (Å²) in [6, 6.07) is 23.9. The van der Waals surface area contributed by atoms with Crippen molar-refractivity contribution in [3.05, 3.63) is 104 Å². The summed E-state index contributed by atoms with van der Waals surface area (Å²) in [5.41, 5.74) is 17.0. The Morgan fingerprint density at radius 1 is 0.474 bits per heavy atom. The van der Waals surface area contributed by atoms with Crippen LogP contribution >= 0.6 is 22.7 Å². The highest BCUT2D eigenvalue weighted by atomic mass is 32.1. The fourth-order valence-electron chi connectivity index (χ4n) is 7.08. The topological polar surface area (TPSA) is 0 Å². The van der Waals surface area contributed by atoms with Crippen LogP contribution in [0.3, 0.4) is 0 Å². The second-order valence-electron chi connectivity index (χ2n) is 12.4. The Hall–Kier alpha value is -2.94. The van der Waals surface area contributed by atoms with Gasteiger partial charge in [-0.25, -0.2) is 0 Å². The summed E-state index contributed by atoms with van der Waals surface area (Å²) in [5.74, 6) is 0. The molecule has 190 valence electrons. The maximum Gasteiger partial charge on any atom is 0.0345 e. The molecule has 0 fully saturated rings. The number of benzene rings is 3. The molecule has 3 aromatic carbocycles. The van der Waals surface area contributed by atoms with Crippen molar-refractivity contribution in [1.29, 1.82) is 0 Å². The Morgan fingerprint density at radius 3 is 1.21 bits per heavy atom. The van der Waals surface area contributed by atoms with Gasteiger partial charge in [0.1, 0.15) is 0 Å². The molecule has 38 heavy (non-hydrogen) atoms. The minimum atomic E-state index is -0.0397. The average Bonchev–Trinajstić information content (AvgIpc) is 3.59. The van der Waals surface area contributed by atoms with Gasteiger partial charge in [0.25, 0.3) is 0 Å². The minimum absolute atomic E-state index is 0.0397. The molecule has 2 heterocycles. The highest BCUT2D eigenvalue weighted by Crippen LogP contribution is 2.58. The molecule has 0 saturated carbocycles. The van der Waals surface area contributed by atoms with Crippen LogP contribution in [0.1, 0.15) is 70.8 Å². The van der Waals surface area contributed by atoms with Gasteiger partial charge < -0.3 is 0 Å². The van der Waals surface area contributed by atoms with Crippen molar-refractivity contribution in [3.8, 4) is 43.1 Å². The molecule has 0 atom stereocenters. The molecule has 0 unspecified atom stereocenters. The number of fused-ring (bicyclic) bond motifs is 6. The molecule has 0 amide bonds. The van der Waals surface area contributed by atoms with Crippen LogP contribution in [0.2, 0.25) is 0 Å². The van der Waals surface area contributed by atoms with Gasteiger partial charge in [-0.1, -0.05) is 27.7 Å². The highest BCUT2D eigenvalue weighted by molar-refractivity contribution is 7.15. The zero-order valence-electron chi connectivity index (χ0n) is 23.6. The Bertz CT molecular complexity index is 1670. The fourth-order valence-corrected chi connectivity index (χ4v) is 8.79. The zero-order valence-corrected chi connectivity index (χ0v) is 25.2. The van der Waals surface area contributed by atoms with E-state index in [-0.39, 0.29) is 10.8 Å². The molecule has 2 aliphatic carbocycles. The molecule has 0 bridgehead atoms. The van der Waals surface area contributed by atoms with Crippen LogP contribution in [0.4, 0.5) is 0 Å². The number of thiophene rings is 2. The summed E-state index contributed by atoms with van der Waals surface area (Å²) in [5, 5.41) is 0. The molecule has 0 saturated heterocycles. The lowest BCUT2D eigenvalue weighted by atomic mass is 9.79. The Morgan fingerprint density at radius 2 is 0.868 bits per heavy atom. The molecular formula is C36H34S2. The van der Waals surface area contributed by atoms with E-state index in [2.05, 4.69) is 116 Å². The van der Waals surface area contributed by atoms with Crippen molar-refractivity contribution in [2.75, 3.05) is 0 Å². The Labute approximate surface area is 235 Å². The van der Waals surface area contributed by atoms with Gasteiger partial charge in [0.15, 0.2) is 0 Å². The molecule has 5 aromatic rings. The van der Waals surface area contributed by atoms with Gasteiger partial charge in [0, 0.05) is 30.3 Å². The number of hydrogen-bond acceptors (Lipinski definition) is 2. The van der Waals surface area contributed by atoms with Gasteiger partial charge >= 0.3 is 0 Å². The lowest BCUT2D eigenvalue weighted by Gasteiger charge is -2.24. The zero-order chi connectivity index (χ0) is 26.7. The molecular weight excluding hydrogens is 497 g/mol. The quantitative estimate of drug-likeness (QED) is 0.213. The average molecular weight is 531 g/mol. The third kappa shape index (κ3) is 3.20. The van der Waals surface area contributed by atoms with Crippen LogP contribution < -0.4 is 0 Å². The van der Waals surface area contributed by atoms with Gasteiger partial charge in [0.2, 0.25) is 0 Å². The highest BCUT2D eigenvalue weighted by Gasteiger charge is 2.43. The van der Waals surface area contributed by atoms with Gasteiger partial charge in [-0.3, -0.25) is 0 Å². The second kappa shape index (κ2) is 7.81. The normalized spacial score (nSPS) is 15.8. The summed E-state index contributed by atoms with van der Waals surface area (Å²) in [7, 11) is 0. The van der Waals surface area contributed by atoms with Gasteiger partial charge in [0.05, 0.1) is 0 Å². The van der Waals surface area contributed by atoms with E-state index in [9.17, 15) is 0 Å². The van der Waals surface area contributed by atoms with E-state index >= 15 is 0 Å². The molecule has 0 spiro atoms. The van der Waals surface area contributed by atoms with Crippen molar-refractivity contribution in [3.63, 3.8) is 0 Å². The van der Waals surface area contributed by atoms with E-state index in [0.29, 0.717) is 0 Å². The Kier molecular flexibility index (Phi) is 4.96. The van der Waals surface area contributed by atoms with E-state index in [1.54, 1.807) is 0 Å². The van der Waals surface area contributed by atoms with Gasteiger partial charge in [-0.05, 0) is 155 Å². The third-order valence-corrected chi connectivity index (χ3v) is 11.2. The van der Waals surface area contributed by atoms with Crippen LogP contribution in [0.15, 0.2) is 60.7 Å². The number of hydrogen-bond donors (Lipinski definition) is 0. The van der Waals surface area contributed by atoms with Crippen molar-refractivity contribution < 1.29 is 0 Å². The predicted octanol–water partition coefficient (Wildman–Crippen LogP) is 11.0. The largest absolute Gasteiger partial charge is 0.141 e. The predicted molar refractivity (Wildman–Crippen MR) is 167 cm³/mol. The monoisotopic (exact) mass is 530 g/mol. The fraction of sp³-hybridized carbons (Fsp3) is 0.278. The van der Waals surface area contributed by atoms with Crippen molar-refractivity contribution >= 4 is 22.7 Å². The van der Waals surface area contributed by atoms with Crippen molar-refractivity contribution in [1.82, 2.24) is 0 Å². The molecule has 0 nitrogen and oxygen atoms in total.